The number of hydrogen-bond donors (Lipinski definition) is 3. The number of carbonyl (C=O) groups is 3. The molecular weight excluding hydrogens is 218 g/mol. The van der Waals surface area contributed by atoms with E-state index in [0.717, 1.165) is 6.42 Å². The summed E-state index contributed by atoms with van der Waals surface area (Å²) in [6.45, 7) is 0.467. The minimum atomic E-state index is -1.41. The van der Waals surface area contributed by atoms with Gasteiger partial charge in [-0.2, -0.15) is 0 Å². The molecule has 1 aliphatic heterocycles. The lowest BCUT2D eigenvalue weighted by Gasteiger charge is -2.15. The Kier molecular flexibility index (Phi) is 4.24. The third-order valence-electron chi connectivity index (χ3n) is 2.22. The quantitative estimate of drug-likeness (QED) is 0.571. The molecule has 0 aliphatic carbocycles. The monoisotopic (exact) mass is 231 g/mol. The first-order valence-electron chi connectivity index (χ1n) is 4.87. The Balaban J connectivity index is 2.50. The largest absolute Gasteiger partial charge is 0.481 e. The summed E-state index contributed by atoms with van der Waals surface area (Å²) in [5.74, 6) is -3.21. The highest BCUT2D eigenvalue weighted by atomic mass is 16.5. The van der Waals surface area contributed by atoms with Gasteiger partial charge in [-0.1, -0.05) is 0 Å². The van der Waals surface area contributed by atoms with E-state index in [1.54, 1.807) is 0 Å². The summed E-state index contributed by atoms with van der Waals surface area (Å²) < 4.78 is 5.05. The average molecular weight is 231 g/mol. The van der Waals surface area contributed by atoms with Gasteiger partial charge in [0.15, 0.2) is 0 Å². The molecule has 0 aromatic heterocycles. The molecule has 1 amide bonds. The molecule has 0 aromatic rings. The molecule has 2 atom stereocenters. The Labute approximate surface area is 91.4 Å². The SMILES string of the molecule is O=C(O)CC(NC(=O)[C@H]1CCCO1)C(=O)O. The zero-order valence-corrected chi connectivity index (χ0v) is 8.51. The number of hydrogen-bond acceptors (Lipinski definition) is 4. The van der Waals surface area contributed by atoms with Crippen molar-refractivity contribution in [1.29, 1.82) is 0 Å². The van der Waals surface area contributed by atoms with Crippen LogP contribution in [0.2, 0.25) is 0 Å². The number of amides is 1. The minimum absolute atomic E-state index is 0.467. The van der Waals surface area contributed by atoms with Crippen molar-refractivity contribution in [3.8, 4) is 0 Å². The molecule has 0 spiro atoms. The van der Waals surface area contributed by atoms with Gasteiger partial charge >= 0.3 is 11.9 Å². The summed E-state index contributed by atoms with van der Waals surface area (Å²) in [7, 11) is 0. The van der Waals surface area contributed by atoms with Crippen LogP contribution < -0.4 is 5.32 Å². The summed E-state index contributed by atoms with van der Waals surface area (Å²) in [6, 6.07) is -1.41. The van der Waals surface area contributed by atoms with Crippen LogP contribution in [0.4, 0.5) is 0 Å². The fourth-order valence-electron chi connectivity index (χ4n) is 1.42. The first kappa shape index (κ1) is 12.4. The van der Waals surface area contributed by atoms with Gasteiger partial charge in [-0.05, 0) is 12.8 Å². The summed E-state index contributed by atoms with van der Waals surface area (Å²) >= 11 is 0. The Hall–Kier alpha value is -1.63. The molecular formula is C9H13NO6. The lowest BCUT2D eigenvalue weighted by molar-refractivity contribution is -0.148. The highest BCUT2D eigenvalue weighted by Crippen LogP contribution is 2.12. The van der Waals surface area contributed by atoms with E-state index in [2.05, 4.69) is 5.32 Å². The first-order valence-corrected chi connectivity index (χ1v) is 4.87. The number of carbonyl (C=O) groups excluding carboxylic acids is 1. The first-order chi connectivity index (χ1) is 7.50. The van der Waals surface area contributed by atoms with E-state index in [0.29, 0.717) is 13.0 Å². The van der Waals surface area contributed by atoms with Crippen LogP contribution in [0.25, 0.3) is 0 Å². The summed E-state index contributed by atoms with van der Waals surface area (Å²) in [5.41, 5.74) is 0. The van der Waals surface area contributed by atoms with E-state index in [1.165, 1.54) is 0 Å². The average Bonchev–Trinajstić information content (AvgIpc) is 2.68. The second-order valence-electron chi connectivity index (χ2n) is 3.50. The molecule has 0 bridgehead atoms. The van der Waals surface area contributed by atoms with E-state index >= 15 is 0 Å². The van der Waals surface area contributed by atoms with Crippen LogP contribution in [0.15, 0.2) is 0 Å². The van der Waals surface area contributed by atoms with Gasteiger partial charge in [0.25, 0.3) is 0 Å². The van der Waals surface area contributed by atoms with Crippen LogP contribution in [0, 0.1) is 0 Å². The van der Waals surface area contributed by atoms with Gasteiger partial charge in [0, 0.05) is 6.61 Å². The summed E-state index contributed by atoms with van der Waals surface area (Å²) in [5, 5.41) is 19.3. The van der Waals surface area contributed by atoms with Crippen LogP contribution >= 0.6 is 0 Å². The van der Waals surface area contributed by atoms with Gasteiger partial charge in [-0.15, -0.1) is 0 Å². The topological polar surface area (TPSA) is 113 Å². The maximum absolute atomic E-state index is 11.4. The molecule has 0 radical (unpaired) electrons. The van der Waals surface area contributed by atoms with E-state index < -0.39 is 36.4 Å². The van der Waals surface area contributed by atoms with Crippen LogP contribution in [0.5, 0.6) is 0 Å². The lowest BCUT2D eigenvalue weighted by Crippen LogP contribution is -2.46. The number of aliphatic carboxylic acids is 2. The van der Waals surface area contributed by atoms with Crippen molar-refractivity contribution in [2.45, 2.75) is 31.4 Å². The summed E-state index contributed by atoms with van der Waals surface area (Å²) in [4.78, 5) is 32.5. The van der Waals surface area contributed by atoms with E-state index in [4.69, 9.17) is 14.9 Å². The van der Waals surface area contributed by atoms with Gasteiger partial charge in [-0.25, -0.2) is 4.79 Å². The maximum Gasteiger partial charge on any atom is 0.326 e. The highest BCUT2D eigenvalue weighted by molar-refractivity contribution is 5.88. The van der Waals surface area contributed by atoms with Crippen molar-refractivity contribution in [2.75, 3.05) is 6.61 Å². The molecule has 1 unspecified atom stereocenters. The van der Waals surface area contributed by atoms with Crippen LogP contribution in [-0.4, -0.2) is 46.8 Å². The van der Waals surface area contributed by atoms with Crippen molar-refractivity contribution < 1.29 is 29.3 Å². The van der Waals surface area contributed by atoms with Gasteiger partial charge < -0.3 is 20.3 Å². The Bertz CT molecular complexity index is 296. The number of carboxylic acids is 2. The van der Waals surface area contributed by atoms with Crippen molar-refractivity contribution in [1.82, 2.24) is 5.32 Å². The van der Waals surface area contributed by atoms with Gasteiger partial charge in [-0.3, -0.25) is 9.59 Å². The molecule has 0 saturated carbocycles. The van der Waals surface area contributed by atoms with Crippen molar-refractivity contribution >= 4 is 17.8 Å². The smallest absolute Gasteiger partial charge is 0.326 e. The predicted molar refractivity (Wildman–Crippen MR) is 50.8 cm³/mol. The van der Waals surface area contributed by atoms with Crippen molar-refractivity contribution in [3.05, 3.63) is 0 Å². The second-order valence-corrected chi connectivity index (χ2v) is 3.50. The molecule has 90 valence electrons. The number of ether oxygens (including phenoxy) is 1. The van der Waals surface area contributed by atoms with Gasteiger partial charge in [0.2, 0.25) is 5.91 Å². The molecule has 16 heavy (non-hydrogen) atoms. The van der Waals surface area contributed by atoms with Gasteiger partial charge in [0.05, 0.1) is 6.42 Å². The maximum atomic E-state index is 11.4. The van der Waals surface area contributed by atoms with Crippen LogP contribution in [0.1, 0.15) is 19.3 Å². The molecule has 7 nitrogen and oxygen atoms in total. The fourth-order valence-corrected chi connectivity index (χ4v) is 1.42. The molecule has 0 aromatic carbocycles. The Morgan fingerprint density at radius 1 is 1.38 bits per heavy atom. The molecule has 1 saturated heterocycles. The third kappa shape index (κ3) is 3.50. The van der Waals surface area contributed by atoms with E-state index in [1.807, 2.05) is 0 Å². The zero-order valence-electron chi connectivity index (χ0n) is 8.51. The molecule has 1 aliphatic rings. The predicted octanol–water partition coefficient (Wildman–Crippen LogP) is -0.790. The summed E-state index contributed by atoms with van der Waals surface area (Å²) in [6.07, 6.45) is -0.0241. The van der Waals surface area contributed by atoms with Crippen molar-refractivity contribution in [3.63, 3.8) is 0 Å². The fraction of sp³-hybridized carbons (Fsp3) is 0.667. The molecule has 1 heterocycles. The zero-order chi connectivity index (χ0) is 12.1. The second kappa shape index (κ2) is 5.45. The molecule has 3 N–H and O–H groups in total. The van der Waals surface area contributed by atoms with Gasteiger partial charge in [0.1, 0.15) is 12.1 Å². The lowest BCUT2D eigenvalue weighted by atomic mass is 10.1. The molecule has 7 heteroatoms. The van der Waals surface area contributed by atoms with E-state index in [9.17, 15) is 14.4 Å². The number of nitrogens with one attached hydrogen (secondary N) is 1. The number of carboxylic acid groups (broad SMARTS) is 2. The van der Waals surface area contributed by atoms with Crippen LogP contribution in [-0.2, 0) is 19.1 Å². The Morgan fingerprint density at radius 3 is 2.50 bits per heavy atom. The minimum Gasteiger partial charge on any atom is -0.481 e. The Morgan fingerprint density at radius 2 is 2.06 bits per heavy atom. The normalized spacial score (nSPS) is 21.4. The standard InChI is InChI=1S/C9H13NO6/c11-7(12)4-5(9(14)15)10-8(13)6-2-1-3-16-6/h5-6H,1-4H2,(H,10,13)(H,11,12)(H,14,15)/t5?,6-/m1/s1. The molecule has 1 fully saturated rings. The third-order valence-corrected chi connectivity index (χ3v) is 2.22. The van der Waals surface area contributed by atoms with E-state index in [-0.39, 0.29) is 0 Å². The number of rotatable bonds is 5. The highest BCUT2D eigenvalue weighted by Gasteiger charge is 2.29. The molecule has 1 rings (SSSR count). The van der Waals surface area contributed by atoms with Crippen LogP contribution in [0.3, 0.4) is 0 Å². The van der Waals surface area contributed by atoms with Crippen molar-refractivity contribution in [2.24, 2.45) is 0 Å².